The lowest BCUT2D eigenvalue weighted by Gasteiger charge is -2.10. The highest BCUT2D eigenvalue weighted by molar-refractivity contribution is 5.63. The number of alkyl halides is 3. The quantitative estimate of drug-likeness (QED) is 0.866. The van der Waals surface area contributed by atoms with Crippen molar-refractivity contribution in [2.24, 2.45) is 0 Å². The number of hydrogen-bond acceptors (Lipinski definition) is 2. The Balaban J connectivity index is 2.59. The third-order valence-corrected chi connectivity index (χ3v) is 3.03. The van der Waals surface area contributed by atoms with Crippen molar-refractivity contribution in [3.05, 3.63) is 51.9 Å². The number of nitrogens with zero attached hydrogens (tertiary/aromatic N) is 2. The van der Waals surface area contributed by atoms with Gasteiger partial charge in [-0.15, -0.1) is 0 Å². The molecule has 0 aliphatic heterocycles. The molecule has 0 aliphatic rings. The Bertz CT molecular complexity index is 705. The average molecular weight is 296 g/mol. The number of halogens is 3. The maximum Gasteiger partial charge on any atom is 0.416 e. The molecule has 3 nitrogen and oxygen atoms in total. The summed E-state index contributed by atoms with van der Waals surface area (Å²) in [5, 5.41) is 4.10. The molecule has 0 aliphatic carbocycles. The topological polar surface area (TPSA) is 34.9 Å². The van der Waals surface area contributed by atoms with Crippen molar-refractivity contribution in [3.63, 3.8) is 0 Å². The minimum Gasteiger partial charge on any atom is -0.267 e. The van der Waals surface area contributed by atoms with E-state index in [-0.39, 0.29) is 16.7 Å². The van der Waals surface area contributed by atoms with E-state index >= 15 is 0 Å². The molecule has 0 spiro atoms. The summed E-state index contributed by atoms with van der Waals surface area (Å²) in [4.78, 5) is 12.3. The van der Waals surface area contributed by atoms with Gasteiger partial charge in [0.05, 0.1) is 16.8 Å². The van der Waals surface area contributed by atoms with Crippen LogP contribution in [-0.4, -0.2) is 9.78 Å². The van der Waals surface area contributed by atoms with Crippen LogP contribution in [0.1, 0.15) is 24.6 Å². The second-order valence-corrected chi connectivity index (χ2v) is 4.81. The summed E-state index contributed by atoms with van der Waals surface area (Å²) >= 11 is 0. The summed E-state index contributed by atoms with van der Waals surface area (Å²) in [5.41, 5.74) is -0.0552. The van der Waals surface area contributed by atoms with Crippen LogP contribution in [-0.2, 0) is 12.7 Å². The molecule has 6 heteroatoms. The van der Waals surface area contributed by atoms with Gasteiger partial charge < -0.3 is 0 Å². The largest absolute Gasteiger partial charge is 0.416 e. The molecule has 1 heterocycles. The first kappa shape index (κ1) is 15.3. The molecule has 2 aromatic rings. The molecule has 0 atom stereocenters. The Labute approximate surface area is 120 Å². The summed E-state index contributed by atoms with van der Waals surface area (Å²) in [6.45, 7) is 4.05. The van der Waals surface area contributed by atoms with E-state index in [1.807, 2.05) is 6.92 Å². The highest BCUT2D eigenvalue weighted by Crippen LogP contribution is 2.31. The van der Waals surface area contributed by atoms with Gasteiger partial charge in [-0.05, 0) is 37.1 Å². The van der Waals surface area contributed by atoms with Crippen LogP contribution in [0, 0.1) is 6.92 Å². The van der Waals surface area contributed by atoms with E-state index in [2.05, 4.69) is 5.10 Å². The van der Waals surface area contributed by atoms with E-state index in [0.29, 0.717) is 12.2 Å². The number of rotatable bonds is 3. The van der Waals surface area contributed by atoms with Gasteiger partial charge in [0.25, 0.3) is 5.56 Å². The van der Waals surface area contributed by atoms with Crippen molar-refractivity contribution in [2.75, 3.05) is 0 Å². The van der Waals surface area contributed by atoms with Gasteiger partial charge >= 0.3 is 6.18 Å². The molecular weight excluding hydrogens is 281 g/mol. The predicted octanol–water partition coefficient (Wildman–Crippen LogP) is 3.65. The van der Waals surface area contributed by atoms with Crippen LogP contribution in [0.2, 0.25) is 0 Å². The van der Waals surface area contributed by atoms with E-state index in [1.165, 1.54) is 22.9 Å². The van der Waals surface area contributed by atoms with Crippen molar-refractivity contribution in [1.29, 1.82) is 0 Å². The average Bonchev–Trinajstić information content (AvgIpc) is 2.42. The second kappa shape index (κ2) is 5.71. The molecule has 0 saturated carbocycles. The molecule has 1 aromatic heterocycles. The van der Waals surface area contributed by atoms with Crippen LogP contribution in [0.4, 0.5) is 13.2 Å². The Kier molecular flexibility index (Phi) is 4.16. The zero-order valence-corrected chi connectivity index (χ0v) is 11.7. The maximum atomic E-state index is 12.8. The van der Waals surface area contributed by atoms with Gasteiger partial charge in [0.1, 0.15) is 0 Å². The van der Waals surface area contributed by atoms with Crippen LogP contribution in [0.5, 0.6) is 0 Å². The molecular formula is C15H15F3N2O. The van der Waals surface area contributed by atoms with Gasteiger partial charge in [-0.2, -0.15) is 18.3 Å². The van der Waals surface area contributed by atoms with Crippen LogP contribution in [0.3, 0.4) is 0 Å². The molecule has 1 aromatic carbocycles. The van der Waals surface area contributed by atoms with Crippen molar-refractivity contribution in [1.82, 2.24) is 9.78 Å². The molecule has 112 valence electrons. The third kappa shape index (κ3) is 3.32. The predicted molar refractivity (Wildman–Crippen MR) is 74.0 cm³/mol. The zero-order valence-electron chi connectivity index (χ0n) is 11.7. The molecule has 0 N–H and O–H groups in total. The second-order valence-electron chi connectivity index (χ2n) is 4.81. The van der Waals surface area contributed by atoms with Gasteiger partial charge in [0, 0.05) is 6.54 Å². The lowest BCUT2D eigenvalue weighted by Crippen LogP contribution is -2.25. The third-order valence-electron chi connectivity index (χ3n) is 3.03. The Morgan fingerprint density at radius 3 is 2.57 bits per heavy atom. The minimum absolute atomic E-state index is 0.238. The Morgan fingerprint density at radius 2 is 1.95 bits per heavy atom. The number of aromatic nitrogens is 2. The first-order chi connectivity index (χ1) is 9.82. The smallest absolute Gasteiger partial charge is 0.267 e. The number of hydrogen-bond donors (Lipinski definition) is 0. The van der Waals surface area contributed by atoms with Gasteiger partial charge in [-0.3, -0.25) is 4.79 Å². The molecule has 0 unspecified atom stereocenters. The van der Waals surface area contributed by atoms with Gasteiger partial charge in [0.2, 0.25) is 0 Å². The Hall–Kier alpha value is -2.11. The van der Waals surface area contributed by atoms with Gasteiger partial charge in [0.15, 0.2) is 0 Å². The van der Waals surface area contributed by atoms with Gasteiger partial charge in [-0.25, -0.2) is 4.68 Å². The molecule has 0 fully saturated rings. The summed E-state index contributed by atoms with van der Waals surface area (Å²) in [5.74, 6) is 0. The molecule has 21 heavy (non-hydrogen) atoms. The van der Waals surface area contributed by atoms with Crippen LogP contribution in [0.15, 0.2) is 35.1 Å². The van der Waals surface area contributed by atoms with Crippen LogP contribution < -0.4 is 5.56 Å². The van der Waals surface area contributed by atoms with Crippen molar-refractivity contribution >= 4 is 0 Å². The number of benzene rings is 1. The summed E-state index contributed by atoms with van der Waals surface area (Å²) in [6.07, 6.45) is -3.71. The first-order valence-corrected chi connectivity index (χ1v) is 6.59. The van der Waals surface area contributed by atoms with E-state index in [0.717, 1.165) is 18.6 Å². The van der Waals surface area contributed by atoms with E-state index in [1.54, 1.807) is 6.92 Å². The SMILES string of the molecule is CCCn1nc(C)cc(-c2cccc(C(F)(F)F)c2)c1=O. The monoisotopic (exact) mass is 296 g/mol. The van der Waals surface area contributed by atoms with E-state index < -0.39 is 11.7 Å². The van der Waals surface area contributed by atoms with E-state index in [4.69, 9.17) is 0 Å². The standard InChI is InChI=1S/C15H15F3N2O/c1-3-7-20-14(21)13(8-10(2)19-20)11-5-4-6-12(9-11)15(16,17)18/h4-6,8-9H,3,7H2,1-2H3. The maximum absolute atomic E-state index is 12.8. The zero-order chi connectivity index (χ0) is 15.6. The summed E-state index contributed by atoms with van der Waals surface area (Å²) in [7, 11) is 0. The lowest BCUT2D eigenvalue weighted by molar-refractivity contribution is -0.137. The number of aryl methyl sites for hydroxylation is 2. The Morgan fingerprint density at radius 1 is 1.24 bits per heavy atom. The lowest BCUT2D eigenvalue weighted by atomic mass is 10.0. The summed E-state index contributed by atoms with van der Waals surface area (Å²) < 4.78 is 39.6. The van der Waals surface area contributed by atoms with Gasteiger partial charge in [-0.1, -0.05) is 19.1 Å². The van der Waals surface area contributed by atoms with Crippen LogP contribution in [0.25, 0.3) is 11.1 Å². The van der Waals surface area contributed by atoms with E-state index in [9.17, 15) is 18.0 Å². The minimum atomic E-state index is -4.43. The first-order valence-electron chi connectivity index (χ1n) is 6.59. The fourth-order valence-corrected chi connectivity index (χ4v) is 2.11. The normalized spacial score (nSPS) is 11.7. The summed E-state index contributed by atoms with van der Waals surface area (Å²) in [6, 6.07) is 6.30. The fraction of sp³-hybridized carbons (Fsp3) is 0.333. The molecule has 0 bridgehead atoms. The highest BCUT2D eigenvalue weighted by atomic mass is 19.4. The molecule has 0 radical (unpaired) electrons. The highest BCUT2D eigenvalue weighted by Gasteiger charge is 2.30. The van der Waals surface area contributed by atoms with Crippen molar-refractivity contribution < 1.29 is 13.2 Å². The molecule has 0 saturated heterocycles. The molecule has 2 rings (SSSR count). The molecule has 0 amide bonds. The van der Waals surface area contributed by atoms with Crippen molar-refractivity contribution in [2.45, 2.75) is 33.0 Å². The van der Waals surface area contributed by atoms with Crippen molar-refractivity contribution in [3.8, 4) is 11.1 Å². The fourth-order valence-electron chi connectivity index (χ4n) is 2.11. The van der Waals surface area contributed by atoms with Crippen LogP contribution >= 0.6 is 0 Å².